The normalized spacial score (nSPS) is 15.0. The summed E-state index contributed by atoms with van der Waals surface area (Å²) in [5, 5.41) is 56.8. The molecule has 0 saturated carbocycles. The number of carboxylic acid groups (broad SMARTS) is 2. The van der Waals surface area contributed by atoms with E-state index in [0.717, 1.165) is 6.92 Å². The van der Waals surface area contributed by atoms with Gasteiger partial charge >= 0.3 is 11.9 Å². The number of aliphatic imine (C=N–C) groups is 1. The number of primary amides is 1. The molecule has 0 bridgehead atoms. The SMILES string of the molecule is CC(C)C[C@H](NC(=O)[C@@H](NC(=O)[C@H](CC(=O)O)NC(=O)[C@H](CO)NC(=O)[C@H](CCCN=C(N)N)NC(=O)[C@@H](N)CS)[C@@H](C)O)C(=O)N[C@@H](CS)C(=O)NCC(=O)N[C@@H](CCC(=O)O)C(N)=O. The minimum atomic E-state index is -2.00. The molecule has 0 aliphatic heterocycles. The van der Waals surface area contributed by atoms with Gasteiger partial charge in [-0.15, -0.1) is 0 Å². The Morgan fingerprint density at radius 1 is 0.606 bits per heavy atom. The molecule has 20 N–H and O–H groups in total. The third-order valence-corrected chi connectivity index (χ3v) is 9.66. The summed E-state index contributed by atoms with van der Waals surface area (Å²) in [5.41, 5.74) is 21.5. The molecule has 0 spiro atoms. The van der Waals surface area contributed by atoms with Crippen molar-refractivity contribution in [3.63, 3.8) is 0 Å². The van der Waals surface area contributed by atoms with Crippen LogP contribution in [-0.2, 0) is 52.7 Å². The second-order valence-corrected chi connectivity index (χ2v) is 15.8. The van der Waals surface area contributed by atoms with E-state index in [0.29, 0.717) is 0 Å². The molecule has 0 unspecified atom stereocenters. The maximum absolute atomic E-state index is 13.6. The third kappa shape index (κ3) is 23.8. The fourth-order valence-corrected chi connectivity index (χ4v) is 5.86. The van der Waals surface area contributed by atoms with Crippen LogP contribution < -0.4 is 65.5 Å². The molecule has 66 heavy (non-hydrogen) atoms. The van der Waals surface area contributed by atoms with E-state index in [-0.39, 0.29) is 55.6 Å². The Morgan fingerprint density at radius 3 is 1.64 bits per heavy atom. The molecular weight excluding hydrogens is 919 g/mol. The number of nitrogens with two attached hydrogens (primary N) is 4. The van der Waals surface area contributed by atoms with Gasteiger partial charge < -0.3 is 85.9 Å². The molecule has 0 aromatic carbocycles. The van der Waals surface area contributed by atoms with Crippen LogP contribution in [-0.4, -0.2) is 177 Å². The molecule has 9 amide bonds. The Morgan fingerprint density at radius 2 is 1.14 bits per heavy atom. The monoisotopic (exact) mass is 981 g/mol. The van der Waals surface area contributed by atoms with Crippen LogP contribution in [0.4, 0.5) is 0 Å². The van der Waals surface area contributed by atoms with Crippen LogP contribution in [0.3, 0.4) is 0 Å². The molecule has 0 aliphatic rings. The number of amides is 9. The highest BCUT2D eigenvalue weighted by Crippen LogP contribution is 2.09. The van der Waals surface area contributed by atoms with Crippen LogP contribution in [0.25, 0.3) is 0 Å². The van der Waals surface area contributed by atoms with Crippen molar-refractivity contribution in [1.82, 2.24) is 42.5 Å². The predicted octanol–water partition coefficient (Wildman–Crippen LogP) is -8.02. The lowest BCUT2D eigenvalue weighted by atomic mass is 10.0. The number of rotatable bonds is 32. The first kappa shape index (κ1) is 60.0. The topological polar surface area (TPSA) is 481 Å². The first-order valence-corrected chi connectivity index (χ1v) is 21.5. The lowest BCUT2D eigenvalue weighted by Gasteiger charge is -2.28. The Kier molecular flexibility index (Phi) is 28.2. The van der Waals surface area contributed by atoms with Gasteiger partial charge in [-0.25, -0.2) is 0 Å². The fraction of sp³-hybridized carbons (Fsp3) is 0.667. The quantitative estimate of drug-likeness (QED) is 0.0129. The molecule has 0 rings (SSSR count). The highest BCUT2D eigenvalue weighted by Gasteiger charge is 2.36. The van der Waals surface area contributed by atoms with E-state index in [1.807, 2.05) is 0 Å². The number of hydrogen-bond donors (Lipinski definition) is 18. The van der Waals surface area contributed by atoms with Crippen LogP contribution in [0.2, 0.25) is 0 Å². The molecule has 0 saturated heterocycles. The molecule has 0 aliphatic carbocycles. The second kappa shape index (κ2) is 31.0. The number of aliphatic carboxylic acids is 2. The molecule has 0 aromatic heterocycles. The molecule has 0 aromatic rings. The number of nitrogens with zero attached hydrogens (tertiary/aromatic N) is 1. The average Bonchev–Trinajstić information content (AvgIpc) is 3.23. The van der Waals surface area contributed by atoms with Crippen molar-refractivity contribution in [2.45, 2.75) is 114 Å². The van der Waals surface area contributed by atoms with Crippen LogP contribution in [0.5, 0.6) is 0 Å². The summed E-state index contributed by atoms with van der Waals surface area (Å²) >= 11 is 8.01. The van der Waals surface area contributed by atoms with Gasteiger partial charge in [0.25, 0.3) is 0 Å². The third-order valence-electron chi connectivity index (χ3n) is 8.91. The Balaban J connectivity index is 6.07. The van der Waals surface area contributed by atoms with Crippen molar-refractivity contribution in [1.29, 1.82) is 0 Å². The lowest BCUT2D eigenvalue weighted by molar-refractivity contribution is -0.142. The number of nitrogens with one attached hydrogen (secondary N) is 8. The smallest absolute Gasteiger partial charge is 0.305 e. The molecule has 0 heterocycles. The predicted molar refractivity (Wildman–Crippen MR) is 239 cm³/mol. The van der Waals surface area contributed by atoms with Gasteiger partial charge in [-0.3, -0.25) is 57.7 Å². The van der Waals surface area contributed by atoms with E-state index in [4.69, 9.17) is 28.0 Å². The molecule has 0 radical (unpaired) electrons. The molecular formula is C36H63N13O15S2. The average molecular weight is 982 g/mol. The molecule has 9 atom stereocenters. The zero-order valence-electron chi connectivity index (χ0n) is 36.5. The van der Waals surface area contributed by atoms with Gasteiger partial charge in [-0.2, -0.15) is 25.3 Å². The molecule has 28 nitrogen and oxygen atoms in total. The second-order valence-electron chi connectivity index (χ2n) is 15.0. The van der Waals surface area contributed by atoms with Crippen molar-refractivity contribution in [3.8, 4) is 0 Å². The maximum Gasteiger partial charge on any atom is 0.305 e. The summed E-state index contributed by atoms with van der Waals surface area (Å²) in [6, 6.07) is -12.5. The fourth-order valence-electron chi connectivity index (χ4n) is 5.44. The number of guanidine groups is 1. The molecule has 0 fully saturated rings. The summed E-state index contributed by atoms with van der Waals surface area (Å²) in [7, 11) is 0. The van der Waals surface area contributed by atoms with Gasteiger partial charge in [0.1, 0.15) is 42.3 Å². The molecule has 374 valence electrons. The van der Waals surface area contributed by atoms with E-state index < -0.39 is 146 Å². The highest BCUT2D eigenvalue weighted by molar-refractivity contribution is 7.80. The van der Waals surface area contributed by atoms with Crippen LogP contribution >= 0.6 is 25.3 Å². The summed E-state index contributed by atoms with van der Waals surface area (Å²) in [6.07, 6.45) is -3.69. The number of hydrogen-bond acceptors (Lipinski definition) is 17. The summed E-state index contributed by atoms with van der Waals surface area (Å²) in [5.74, 6) is -13.3. The van der Waals surface area contributed by atoms with Gasteiger partial charge in [0.15, 0.2) is 5.96 Å². The summed E-state index contributed by atoms with van der Waals surface area (Å²) < 4.78 is 0. The van der Waals surface area contributed by atoms with Gasteiger partial charge in [-0.1, -0.05) is 13.8 Å². The number of carbonyl (C=O) groups excluding carboxylic acids is 9. The van der Waals surface area contributed by atoms with Crippen molar-refractivity contribution < 1.29 is 73.2 Å². The Hall–Kier alpha value is -5.98. The number of thiol groups is 2. The van der Waals surface area contributed by atoms with Crippen molar-refractivity contribution in [2.24, 2.45) is 33.8 Å². The van der Waals surface area contributed by atoms with Gasteiger partial charge in [0.05, 0.1) is 31.7 Å². The maximum atomic E-state index is 13.6. The van der Waals surface area contributed by atoms with Crippen LogP contribution in [0.15, 0.2) is 4.99 Å². The van der Waals surface area contributed by atoms with Crippen LogP contribution in [0, 0.1) is 5.92 Å². The largest absolute Gasteiger partial charge is 0.481 e. The zero-order chi connectivity index (χ0) is 50.8. The van der Waals surface area contributed by atoms with Gasteiger partial charge in [0.2, 0.25) is 53.2 Å². The van der Waals surface area contributed by atoms with E-state index in [9.17, 15) is 68.1 Å². The first-order chi connectivity index (χ1) is 30.8. The first-order valence-electron chi connectivity index (χ1n) is 20.2. The minimum Gasteiger partial charge on any atom is -0.481 e. The highest BCUT2D eigenvalue weighted by atomic mass is 32.1. The summed E-state index contributed by atoms with van der Waals surface area (Å²) in [4.78, 5) is 143. The van der Waals surface area contributed by atoms with E-state index >= 15 is 0 Å². The Labute approximate surface area is 389 Å². The van der Waals surface area contributed by atoms with Crippen LogP contribution in [0.1, 0.15) is 59.3 Å². The van der Waals surface area contributed by atoms with Crippen molar-refractivity contribution in [2.75, 3.05) is 31.2 Å². The van der Waals surface area contributed by atoms with Gasteiger partial charge in [-0.05, 0) is 38.5 Å². The number of carboxylic acids is 2. The number of carbonyl (C=O) groups is 11. The number of aliphatic hydroxyl groups is 2. The van der Waals surface area contributed by atoms with E-state index in [1.165, 1.54) is 0 Å². The Bertz CT molecular complexity index is 1750. The number of aliphatic hydroxyl groups excluding tert-OH is 2. The standard InChI is InChI=1S/C36H63N13O15S2/c1-15(2)9-20(32(61)48-23(14-66)30(59)42-11-24(52)43-18(28(38)57)6-7-25(53)54)46-35(64)27(16(3)51)49-33(62)21(10-26(55)56)45-34(63)22(12-50)47-31(60)19(5-4-8-41-36(39)40)44-29(58)17(37)13-65/h15-23,27,50-51,65-66H,4-14,37H2,1-3H3,(H2,38,57)(H,42,59)(H,43,52)(H,44,58)(H,45,63)(H,46,64)(H,47,60)(H,48,61)(H,49,62)(H,53,54)(H,55,56)(H4,39,40,41)/t16-,17+,18+,19+,20+,21+,22+,23+,27+/m1/s1. The summed E-state index contributed by atoms with van der Waals surface area (Å²) in [6.45, 7) is 2.61. The zero-order valence-corrected chi connectivity index (χ0v) is 38.3. The molecule has 30 heteroatoms. The minimum absolute atomic E-state index is 0.0376. The van der Waals surface area contributed by atoms with Crippen molar-refractivity contribution >= 4 is 96.3 Å². The van der Waals surface area contributed by atoms with E-state index in [1.54, 1.807) is 13.8 Å². The lowest BCUT2D eigenvalue weighted by Crippen LogP contribution is -2.62. The van der Waals surface area contributed by atoms with Gasteiger partial charge in [0, 0.05) is 24.5 Å². The van der Waals surface area contributed by atoms with E-state index in [2.05, 4.69) is 72.8 Å². The van der Waals surface area contributed by atoms with Crippen molar-refractivity contribution in [3.05, 3.63) is 0 Å².